The monoisotopic (exact) mass is 558 g/mol. The molecule has 0 saturated heterocycles. The molecule has 0 fully saturated rings. The molecular weight excluding hydrogens is 540 g/mol. The van der Waals surface area contributed by atoms with Gasteiger partial charge in [0.2, 0.25) is 0 Å². The maximum atomic E-state index is 6.08. The zero-order valence-electron chi connectivity index (χ0n) is 13.6. The second kappa shape index (κ2) is 9.89. The molecule has 0 spiro atoms. The fraction of sp³-hybridized carbons (Fsp3) is 0.556. The SMILES string of the molecule is [Cl][Zr]([Cl])[CH]1C=CC2=C1CCCC2.[Cl][Zr]([Cl])[CH]1C=CC2=C1CCCC2. The summed E-state index contributed by atoms with van der Waals surface area (Å²) in [5.74, 6) is 0. The van der Waals surface area contributed by atoms with Gasteiger partial charge in [-0.15, -0.1) is 0 Å². The predicted octanol–water partition coefficient (Wildman–Crippen LogP) is 8.28. The first kappa shape index (κ1) is 20.6. The summed E-state index contributed by atoms with van der Waals surface area (Å²) in [6, 6.07) is 0. The van der Waals surface area contributed by atoms with Gasteiger partial charge in [0.15, 0.2) is 0 Å². The molecule has 0 aromatic carbocycles. The molecule has 0 N–H and O–H groups in total. The summed E-state index contributed by atoms with van der Waals surface area (Å²) in [5, 5.41) is 0. The summed E-state index contributed by atoms with van der Waals surface area (Å²) >= 11 is -4.08. The Bertz CT molecular complexity index is 538. The van der Waals surface area contributed by atoms with Crippen molar-refractivity contribution in [3.05, 3.63) is 46.6 Å². The van der Waals surface area contributed by atoms with E-state index in [1.54, 1.807) is 22.3 Å². The van der Waals surface area contributed by atoms with Crippen LogP contribution in [0.15, 0.2) is 46.6 Å². The Balaban J connectivity index is 0.000000141. The predicted molar refractivity (Wildman–Crippen MR) is 100 cm³/mol. The molecule has 0 bridgehead atoms. The van der Waals surface area contributed by atoms with E-state index in [9.17, 15) is 0 Å². The van der Waals surface area contributed by atoms with Gasteiger partial charge in [0.25, 0.3) is 0 Å². The zero-order chi connectivity index (χ0) is 17.1. The van der Waals surface area contributed by atoms with Gasteiger partial charge in [0.1, 0.15) is 0 Å². The molecule has 0 aromatic rings. The average Bonchev–Trinajstić information content (AvgIpc) is 3.19. The third-order valence-electron chi connectivity index (χ3n) is 5.31. The summed E-state index contributed by atoms with van der Waals surface area (Å²) in [5.41, 5.74) is 6.26. The third-order valence-corrected chi connectivity index (χ3v) is 15.8. The van der Waals surface area contributed by atoms with Crippen LogP contribution in [-0.4, -0.2) is 0 Å². The van der Waals surface area contributed by atoms with Crippen molar-refractivity contribution in [3.63, 3.8) is 0 Å². The molecule has 130 valence electrons. The summed E-state index contributed by atoms with van der Waals surface area (Å²) in [4.78, 5) is 0. The first-order chi connectivity index (χ1) is 11.6. The van der Waals surface area contributed by atoms with Crippen LogP contribution in [0.4, 0.5) is 0 Å². The Morgan fingerprint density at radius 2 is 1.00 bits per heavy atom. The van der Waals surface area contributed by atoms with Crippen LogP contribution in [0, 0.1) is 0 Å². The van der Waals surface area contributed by atoms with Gasteiger partial charge in [-0.2, -0.15) is 0 Å². The van der Waals surface area contributed by atoms with E-state index in [2.05, 4.69) is 24.3 Å². The average molecular weight is 563 g/mol. The van der Waals surface area contributed by atoms with Crippen molar-refractivity contribution < 1.29 is 38.7 Å². The van der Waals surface area contributed by atoms with Crippen LogP contribution in [0.1, 0.15) is 51.4 Å². The minimum absolute atomic E-state index is 0.506. The van der Waals surface area contributed by atoms with E-state index in [1.807, 2.05) is 0 Å². The van der Waals surface area contributed by atoms with Gasteiger partial charge >= 0.3 is 178 Å². The van der Waals surface area contributed by atoms with Gasteiger partial charge in [0.05, 0.1) is 0 Å². The molecule has 0 aromatic heterocycles. The number of hydrogen-bond acceptors (Lipinski definition) is 0. The molecule has 4 aliphatic carbocycles. The van der Waals surface area contributed by atoms with Gasteiger partial charge in [-0.1, -0.05) is 0 Å². The van der Waals surface area contributed by atoms with Crippen LogP contribution in [0.3, 0.4) is 0 Å². The number of allylic oxidation sites excluding steroid dienone is 8. The molecule has 4 rings (SSSR count). The summed E-state index contributed by atoms with van der Waals surface area (Å²) in [7, 11) is 24.3. The van der Waals surface area contributed by atoms with E-state index in [0.717, 1.165) is 0 Å². The van der Waals surface area contributed by atoms with E-state index < -0.39 is 38.7 Å². The molecule has 0 radical (unpaired) electrons. The Morgan fingerprint density at radius 1 is 0.625 bits per heavy atom. The summed E-state index contributed by atoms with van der Waals surface area (Å²) in [6.07, 6.45) is 19.4. The van der Waals surface area contributed by atoms with Crippen molar-refractivity contribution in [1.29, 1.82) is 0 Å². The van der Waals surface area contributed by atoms with Crippen molar-refractivity contribution in [2.24, 2.45) is 0 Å². The number of halogens is 4. The van der Waals surface area contributed by atoms with Gasteiger partial charge < -0.3 is 0 Å². The van der Waals surface area contributed by atoms with Crippen molar-refractivity contribution in [2.75, 3.05) is 0 Å². The normalized spacial score (nSPS) is 27.7. The Morgan fingerprint density at radius 3 is 1.38 bits per heavy atom. The second-order valence-corrected chi connectivity index (χ2v) is 24.6. The molecule has 6 heteroatoms. The van der Waals surface area contributed by atoms with Crippen molar-refractivity contribution >= 4 is 34.1 Å². The topological polar surface area (TPSA) is 0 Å². The molecule has 0 amide bonds. The van der Waals surface area contributed by atoms with Crippen LogP contribution < -0.4 is 0 Å². The quantitative estimate of drug-likeness (QED) is 0.318. The van der Waals surface area contributed by atoms with E-state index in [1.165, 1.54) is 51.4 Å². The molecular formula is C18H22Cl4Zr2. The fourth-order valence-electron chi connectivity index (χ4n) is 4.06. The van der Waals surface area contributed by atoms with Gasteiger partial charge in [-0.3, -0.25) is 0 Å². The van der Waals surface area contributed by atoms with E-state index in [-0.39, 0.29) is 0 Å². The van der Waals surface area contributed by atoms with Crippen molar-refractivity contribution in [1.82, 2.24) is 0 Å². The van der Waals surface area contributed by atoms with E-state index in [4.69, 9.17) is 34.1 Å². The molecule has 0 nitrogen and oxygen atoms in total. The van der Waals surface area contributed by atoms with Crippen LogP contribution in [-0.2, 0) is 38.7 Å². The van der Waals surface area contributed by atoms with Gasteiger partial charge in [-0.05, 0) is 0 Å². The molecule has 2 atom stereocenters. The van der Waals surface area contributed by atoms with Crippen LogP contribution in [0.5, 0.6) is 0 Å². The second-order valence-electron chi connectivity index (χ2n) is 6.77. The zero-order valence-corrected chi connectivity index (χ0v) is 21.6. The summed E-state index contributed by atoms with van der Waals surface area (Å²) in [6.45, 7) is 0. The maximum absolute atomic E-state index is 6.08. The minimum atomic E-state index is -2.04. The molecule has 0 aliphatic heterocycles. The molecule has 0 heterocycles. The van der Waals surface area contributed by atoms with Gasteiger partial charge in [-0.25, -0.2) is 0 Å². The van der Waals surface area contributed by atoms with Crippen molar-refractivity contribution in [2.45, 2.75) is 58.6 Å². The molecule has 0 saturated carbocycles. The van der Waals surface area contributed by atoms with Crippen molar-refractivity contribution in [3.8, 4) is 0 Å². The first-order valence-corrected chi connectivity index (χ1v) is 24.2. The van der Waals surface area contributed by atoms with E-state index in [0.29, 0.717) is 7.25 Å². The van der Waals surface area contributed by atoms with Crippen LogP contribution >= 0.6 is 34.1 Å². The Hall–Kier alpha value is 1.89. The third kappa shape index (κ3) is 5.03. The van der Waals surface area contributed by atoms with Gasteiger partial charge in [0, 0.05) is 0 Å². The number of hydrogen-bond donors (Lipinski definition) is 0. The van der Waals surface area contributed by atoms with Crippen LogP contribution in [0.25, 0.3) is 0 Å². The fourth-order valence-corrected chi connectivity index (χ4v) is 13.0. The Kier molecular flexibility index (Phi) is 8.50. The first-order valence-electron chi connectivity index (χ1n) is 8.74. The molecule has 4 aliphatic rings. The Labute approximate surface area is 175 Å². The number of rotatable bonds is 2. The molecule has 2 unspecified atom stereocenters. The van der Waals surface area contributed by atoms with E-state index >= 15 is 0 Å². The van der Waals surface area contributed by atoms with Crippen LogP contribution in [0.2, 0.25) is 7.25 Å². The standard InChI is InChI=1S/2C9H11.4ClH.2Zr/c2*1-2-5-9-7-3-6-8(9)4-1;;;;;;/h2*3,6-7H,1-2,4-5H2;4*1H;;/q;;;;;;2*+2/p-4. The molecule has 24 heavy (non-hydrogen) atoms. The summed E-state index contributed by atoms with van der Waals surface area (Å²) < 4.78 is 1.01.